The largest absolute Gasteiger partial charge is 0.443 e. The van der Waals surface area contributed by atoms with E-state index in [2.05, 4.69) is 15.0 Å². The summed E-state index contributed by atoms with van der Waals surface area (Å²) in [6.45, 7) is -0.894. The van der Waals surface area contributed by atoms with Crippen molar-refractivity contribution >= 4 is 17.0 Å². The predicted molar refractivity (Wildman–Crippen MR) is 60.5 cm³/mol. The molecule has 3 rings (SSSR count). The molecule has 2 aromatic rings. The lowest BCUT2D eigenvalue weighted by Crippen LogP contribution is -2.49. The number of amides is 1. The van der Waals surface area contributed by atoms with Gasteiger partial charge in [-0.2, -0.15) is 0 Å². The van der Waals surface area contributed by atoms with Gasteiger partial charge in [0.1, 0.15) is 6.04 Å². The number of carbonyl (C=O) groups is 1. The van der Waals surface area contributed by atoms with Crippen LogP contribution in [-0.2, 0) is 4.74 Å². The van der Waals surface area contributed by atoms with E-state index in [1.165, 1.54) is 0 Å². The summed E-state index contributed by atoms with van der Waals surface area (Å²) < 4.78 is 31.7. The molecule has 1 atom stereocenters. The van der Waals surface area contributed by atoms with E-state index < -0.39 is 24.7 Å². The summed E-state index contributed by atoms with van der Waals surface area (Å²) in [5, 5.41) is 2.98. The van der Waals surface area contributed by atoms with Crippen LogP contribution in [0.1, 0.15) is 11.6 Å². The topological polar surface area (TPSA) is 54.1 Å². The van der Waals surface area contributed by atoms with E-state index in [-0.39, 0.29) is 0 Å². The monoisotopic (exact) mass is 252 g/mol. The lowest BCUT2D eigenvalue weighted by atomic mass is 9.99. The van der Waals surface area contributed by atoms with Crippen LogP contribution >= 0.6 is 0 Å². The maximum atomic E-state index is 13.7. The molecule has 4 nitrogen and oxygen atoms in total. The number of hydrogen-bond acceptors (Lipinski definition) is 2. The molecule has 6 heteroatoms. The number of aromatic nitrogens is 1. The van der Waals surface area contributed by atoms with Gasteiger partial charge < -0.3 is 15.0 Å². The summed E-state index contributed by atoms with van der Waals surface area (Å²) in [5.41, 5.74) is 1.23. The van der Waals surface area contributed by atoms with Crippen LogP contribution in [0.2, 0.25) is 0 Å². The first kappa shape index (κ1) is 11.0. The fourth-order valence-electron chi connectivity index (χ4n) is 2.09. The lowest BCUT2D eigenvalue weighted by Gasteiger charge is -2.31. The molecule has 1 fully saturated rings. The fourth-order valence-corrected chi connectivity index (χ4v) is 2.09. The van der Waals surface area contributed by atoms with Gasteiger partial charge in [0.15, 0.2) is 6.61 Å². The normalized spacial score (nSPS) is 22.6. The second-order valence-electron chi connectivity index (χ2n) is 4.24. The number of nitrogens with one attached hydrogen (secondary N) is 2. The number of aromatic amines is 1. The number of fused-ring (bicyclic) bond motifs is 1. The minimum Gasteiger partial charge on any atom is -0.443 e. The quantitative estimate of drug-likeness (QED) is 0.819. The van der Waals surface area contributed by atoms with Gasteiger partial charge in [-0.3, -0.25) is 0 Å². The summed E-state index contributed by atoms with van der Waals surface area (Å²) in [7, 11) is 0. The van der Waals surface area contributed by atoms with E-state index in [0.29, 0.717) is 5.56 Å². The minimum atomic E-state index is -3.11. The van der Waals surface area contributed by atoms with Gasteiger partial charge in [-0.25, -0.2) is 13.6 Å². The Morgan fingerprint density at radius 1 is 1.33 bits per heavy atom. The third kappa shape index (κ3) is 1.70. The Bertz CT molecular complexity index is 609. The Labute approximate surface area is 101 Å². The summed E-state index contributed by atoms with van der Waals surface area (Å²) >= 11 is 0. The zero-order chi connectivity index (χ0) is 12.8. The van der Waals surface area contributed by atoms with Crippen LogP contribution in [0.15, 0.2) is 30.5 Å². The molecule has 1 amide bonds. The van der Waals surface area contributed by atoms with Crippen molar-refractivity contribution in [2.24, 2.45) is 0 Å². The molecular weight excluding hydrogens is 242 g/mol. The number of ether oxygens (including phenoxy) is 1. The fraction of sp³-hybridized carbons (Fsp3) is 0.250. The third-order valence-corrected chi connectivity index (χ3v) is 2.99. The van der Waals surface area contributed by atoms with Crippen LogP contribution in [0.25, 0.3) is 10.9 Å². The van der Waals surface area contributed by atoms with Gasteiger partial charge in [0.05, 0.1) is 0 Å². The molecule has 0 radical (unpaired) electrons. The lowest BCUT2D eigenvalue weighted by molar-refractivity contribution is -0.104. The van der Waals surface area contributed by atoms with Gasteiger partial charge in [0.25, 0.3) is 0 Å². The van der Waals surface area contributed by atoms with Crippen LogP contribution in [0.4, 0.5) is 13.6 Å². The zero-order valence-corrected chi connectivity index (χ0v) is 9.24. The van der Waals surface area contributed by atoms with Crippen molar-refractivity contribution in [2.75, 3.05) is 6.61 Å². The van der Waals surface area contributed by atoms with E-state index in [1.807, 2.05) is 0 Å². The van der Waals surface area contributed by atoms with Crippen molar-refractivity contribution in [3.8, 4) is 0 Å². The number of hydrogen-bond donors (Lipinski definition) is 2. The first-order valence-electron chi connectivity index (χ1n) is 5.44. The molecule has 1 aromatic carbocycles. The number of halogens is 2. The number of rotatable bonds is 1. The van der Waals surface area contributed by atoms with Crippen LogP contribution < -0.4 is 5.32 Å². The number of alkyl carbamates (subject to hydrolysis) is 1. The van der Waals surface area contributed by atoms with Gasteiger partial charge in [0, 0.05) is 11.7 Å². The van der Waals surface area contributed by atoms with Crippen molar-refractivity contribution in [1.29, 1.82) is 0 Å². The predicted octanol–water partition coefficient (Wildman–Crippen LogP) is 2.58. The molecule has 0 unspecified atom stereocenters. The summed E-state index contributed by atoms with van der Waals surface area (Å²) in [6, 6.07) is 5.36. The second-order valence-corrected chi connectivity index (χ2v) is 4.24. The Morgan fingerprint density at radius 2 is 2.17 bits per heavy atom. The van der Waals surface area contributed by atoms with E-state index in [1.54, 1.807) is 30.5 Å². The third-order valence-electron chi connectivity index (χ3n) is 2.99. The second kappa shape index (κ2) is 3.69. The van der Waals surface area contributed by atoms with Gasteiger partial charge in [0.2, 0.25) is 0 Å². The molecule has 0 spiro atoms. The Morgan fingerprint density at radius 3 is 3.00 bits per heavy atom. The smallest absolute Gasteiger partial charge is 0.408 e. The summed E-state index contributed by atoms with van der Waals surface area (Å²) in [5.74, 6) is -3.11. The van der Waals surface area contributed by atoms with Crippen LogP contribution in [-0.4, -0.2) is 23.6 Å². The van der Waals surface area contributed by atoms with Crippen molar-refractivity contribution in [3.05, 3.63) is 36.0 Å². The summed E-state index contributed by atoms with van der Waals surface area (Å²) in [4.78, 5) is 14.1. The van der Waals surface area contributed by atoms with Crippen molar-refractivity contribution < 1.29 is 18.3 Å². The molecule has 1 aliphatic heterocycles. The van der Waals surface area contributed by atoms with E-state index in [4.69, 9.17) is 0 Å². The molecule has 1 aliphatic rings. The van der Waals surface area contributed by atoms with Gasteiger partial charge in [-0.1, -0.05) is 6.07 Å². The average Bonchev–Trinajstić information content (AvgIpc) is 2.79. The number of carbonyl (C=O) groups excluding carboxylic acids is 1. The zero-order valence-electron chi connectivity index (χ0n) is 9.24. The van der Waals surface area contributed by atoms with Crippen molar-refractivity contribution in [3.63, 3.8) is 0 Å². The minimum absolute atomic E-state index is 0.365. The standard InChI is InChI=1S/C12H10F2N2O2/c13-12(14)6-18-11(17)16-10(12)8-1-2-9-7(5-8)3-4-15-9/h1-5,10,15H,6H2,(H,16,17)/t10-/m1/s1. The molecule has 0 saturated carbocycles. The van der Waals surface area contributed by atoms with Crippen LogP contribution in [0, 0.1) is 0 Å². The first-order valence-corrected chi connectivity index (χ1v) is 5.44. The highest BCUT2D eigenvalue weighted by Gasteiger charge is 2.46. The van der Waals surface area contributed by atoms with Gasteiger partial charge in [-0.15, -0.1) is 0 Å². The maximum Gasteiger partial charge on any atom is 0.408 e. The van der Waals surface area contributed by atoms with Crippen molar-refractivity contribution in [1.82, 2.24) is 10.3 Å². The molecule has 2 heterocycles. The Kier molecular flexibility index (Phi) is 2.26. The number of alkyl halides is 2. The molecule has 0 aliphatic carbocycles. The number of benzene rings is 1. The van der Waals surface area contributed by atoms with E-state index in [9.17, 15) is 13.6 Å². The highest BCUT2D eigenvalue weighted by atomic mass is 19.3. The highest BCUT2D eigenvalue weighted by molar-refractivity contribution is 5.80. The number of cyclic esters (lactones) is 1. The van der Waals surface area contributed by atoms with E-state index >= 15 is 0 Å². The Hall–Kier alpha value is -2.11. The molecule has 0 bridgehead atoms. The van der Waals surface area contributed by atoms with Gasteiger partial charge >= 0.3 is 12.0 Å². The first-order chi connectivity index (χ1) is 8.56. The molecule has 18 heavy (non-hydrogen) atoms. The van der Waals surface area contributed by atoms with Crippen LogP contribution in [0.5, 0.6) is 0 Å². The van der Waals surface area contributed by atoms with Crippen molar-refractivity contribution in [2.45, 2.75) is 12.0 Å². The molecule has 2 N–H and O–H groups in total. The Balaban J connectivity index is 2.03. The summed E-state index contributed by atoms with van der Waals surface area (Å²) in [6.07, 6.45) is 0.912. The molecular formula is C12H10F2N2O2. The average molecular weight is 252 g/mol. The van der Waals surface area contributed by atoms with E-state index in [0.717, 1.165) is 10.9 Å². The highest BCUT2D eigenvalue weighted by Crippen LogP contribution is 2.35. The molecule has 1 saturated heterocycles. The number of H-pyrrole nitrogens is 1. The van der Waals surface area contributed by atoms with Gasteiger partial charge in [-0.05, 0) is 29.1 Å². The molecule has 94 valence electrons. The maximum absolute atomic E-state index is 13.7. The molecule has 1 aromatic heterocycles. The SMILES string of the molecule is O=C1N[C@H](c2ccc3[nH]ccc3c2)C(F)(F)CO1. The van der Waals surface area contributed by atoms with Crippen LogP contribution in [0.3, 0.4) is 0 Å².